The van der Waals surface area contributed by atoms with Gasteiger partial charge in [-0.15, -0.1) is 11.8 Å². The van der Waals surface area contributed by atoms with E-state index in [1.165, 1.54) is 27.5 Å². The quantitative estimate of drug-likeness (QED) is 0.642. The highest BCUT2D eigenvalue weighted by molar-refractivity contribution is 7.99. The van der Waals surface area contributed by atoms with Gasteiger partial charge < -0.3 is 4.90 Å². The molecule has 0 spiro atoms. The summed E-state index contributed by atoms with van der Waals surface area (Å²) >= 11 is 1.98. The van der Waals surface area contributed by atoms with Gasteiger partial charge in [-0.2, -0.15) is 0 Å². The highest BCUT2D eigenvalue weighted by atomic mass is 32.2. The van der Waals surface area contributed by atoms with Gasteiger partial charge in [0.25, 0.3) is 0 Å². The topological polar surface area (TPSA) is 3.24 Å². The molecule has 0 N–H and O–H groups in total. The smallest absolute Gasteiger partial charge is 0.0536 e. The lowest BCUT2D eigenvalue weighted by Gasteiger charge is -2.35. The molecule has 1 atom stereocenters. The maximum Gasteiger partial charge on any atom is 0.0536 e. The summed E-state index contributed by atoms with van der Waals surface area (Å²) in [5.41, 5.74) is 4.27. The summed E-state index contributed by atoms with van der Waals surface area (Å²) in [6.07, 6.45) is 0. The summed E-state index contributed by atoms with van der Waals surface area (Å²) in [7, 11) is 2.20. The van der Waals surface area contributed by atoms with Crippen LogP contribution in [0.15, 0.2) is 17.0 Å². The molecule has 0 amide bonds. The van der Waals surface area contributed by atoms with E-state index in [0.717, 1.165) is 0 Å². The number of nitrogens with zero attached hydrogens (tertiary/aromatic N) is 1. The lowest BCUT2D eigenvalue weighted by molar-refractivity contribution is 0.744. The van der Waals surface area contributed by atoms with Crippen molar-refractivity contribution in [1.29, 1.82) is 0 Å². The largest absolute Gasteiger partial charge is 0.370 e. The maximum atomic E-state index is 2.41. The summed E-state index contributed by atoms with van der Waals surface area (Å²) in [4.78, 5) is 3.85. The first-order valence-corrected chi connectivity index (χ1v) is 6.05. The van der Waals surface area contributed by atoms with Gasteiger partial charge in [0.2, 0.25) is 0 Å². The van der Waals surface area contributed by atoms with Crippen molar-refractivity contribution in [2.24, 2.45) is 0 Å². The summed E-state index contributed by atoms with van der Waals surface area (Å²) in [5, 5.41) is 0. The monoisotopic (exact) mass is 207 g/mol. The molecule has 0 fully saturated rings. The highest BCUT2D eigenvalue weighted by Gasteiger charge is 2.22. The number of hydrogen-bond donors (Lipinski definition) is 0. The van der Waals surface area contributed by atoms with Crippen molar-refractivity contribution >= 4 is 17.4 Å². The van der Waals surface area contributed by atoms with Crippen molar-refractivity contribution < 1.29 is 0 Å². The fraction of sp³-hybridized carbons (Fsp3) is 0.500. The van der Waals surface area contributed by atoms with Gasteiger partial charge in [0, 0.05) is 23.7 Å². The van der Waals surface area contributed by atoms with E-state index in [-0.39, 0.29) is 0 Å². The molecule has 2 heteroatoms. The summed E-state index contributed by atoms with van der Waals surface area (Å²) in [6, 6.07) is 5.13. The van der Waals surface area contributed by atoms with Crippen molar-refractivity contribution in [3.05, 3.63) is 23.3 Å². The molecule has 0 saturated carbocycles. The molecule has 0 aliphatic carbocycles. The second-order valence-corrected chi connectivity index (χ2v) is 5.19. The molecule has 0 saturated heterocycles. The third kappa shape index (κ3) is 1.42. The fourth-order valence-corrected chi connectivity index (χ4v) is 3.12. The number of anilines is 1. The van der Waals surface area contributed by atoms with Crippen LogP contribution < -0.4 is 4.90 Å². The van der Waals surface area contributed by atoms with Crippen LogP contribution in [0.5, 0.6) is 0 Å². The zero-order chi connectivity index (χ0) is 10.3. The fourth-order valence-electron chi connectivity index (χ4n) is 1.87. The van der Waals surface area contributed by atoms with Gasteiger partial charge in [0.1, 0.15) is 0 Å². The summed E-state index contributed by atoms with van der Waals surface area (Å²) < 4.78 is 0. The molecule has 1 unspecified atom stereocenters. The second kappa shape index (κ2) is 3.50. The third-order valence-electron chi connectivity index (χ3n) is 3.16. The van der Waals surface area contributed by atoms with Crippen molar-refractivity contribution in [1.82, 2.24) is 0 Å². The molecule has 1 aromatic carbocycles. The minimum absolute atomic E-state index is 0.646. The Morgan fingerprint density at radius 3 is 2.79 bits per heavy atom. The van der Waals surface area contributed by atoms with E-state index in [1.807, 2.05) is 11.8 Å². The average Bonchev–Trinajstić information content (AvgIpc) is 2.17. The molecule has 1 aromatic rings. The van der Waals surface area contributed by atoms with Crippen molar-refractivity contribution in [3.63, 3.8) is 0 Å². The number of aryl methyl sites for hydroxylation is 1. The van der Waals surface area contributed by atoms with Crippen LogP contribution in [0.25, 0.3) is 0 Å². The molecule has 76 valence electrons. The van der Waals surface area contributed by atoms with Crippen LogP contribution in [-0.2, 0) is 0 Å². The van der Waals surface area contributed by atoms with Crippen LogP contribution in [0.4, 0.5) is 5.69 Å². The van der Waals surface area contributed by atoms with E-state index in [9.17, 15) is 0 Å². The zero-order valence-corrected chi connectivity index (χ0v) is 10.1. The van der Waals surface area contributed by atoms with Crippen molar-refractivity contribution in [2.75, 3.05) is 17.7 Å². The minimum atomic E-state index is 0.646. The van der Waals surface area contributed by atoms with Gasteiger partial charge >= 0.3 is 0 Å². The van der Waals surface area contributed by atoms with Crippen molar-refractivity contribution in [3.8, 4) is 0 Å². The van der Waals surface area contributed by atoms with E-state index in [1.54, 1.807) is 0 Å². The molecule has 1 aliphatic heterocycles. The van der Waals surface area contributed by atoms with E-state index >= 15 is 0 Å². The van der Waals surface area contributed by atoms with Crippen LogP contribution in [0, 0.1) is 13.8 Å². The van der Waals surface area contributed by atoms with Crippen LogP contribution in [-0.4, -0.2) is 18.8 Å². The molecule has 0 aromatic heterocycles. The van der Waals surface area contributed by atoms with E-state index in [2.05, 4.69) is 44.9 Å². The van der Waals surface area contributed by atoms with Gasteiger partial charge in [-0.1, -0.05) is 6.07 Å². The van der Waals surface area contributed by atoms with Gasteiger partial charge in [0.05, 0.1) is 5.69 Å². The second-order valence-electron chi connectivity index (χ2n) is 4.13. The molecule has 0 radical (unpaired) electrons. The Labute approximate surface area is 90.5 Å². The zero-order valence-electron chi connectivity index (χ0n) is 9.29. The predicted molar refractivity (Wildman–Crippen MR) is 64.5 cm³/mol. The number of thioether (sulfide) groups is 1. The number of benzene rings is 1. The molecule has 1 nitrogen and oxygen atoms in total. The lowest BCUT2D eigenvalue weighted by Crippen LogP contribution is -2.34. The van der Waals surface area contributed by atoms with Gasteiger partial charge in [-0.05, 0) is 38.0 Å². The molecular weight excluding hydrogens is 190 g/mol. The minimum Gasteiger partial charge on any atom is -0.370 e. The Bertz CT molecular complexity index is 360. The van der Waals surface area contributed by atoms with E-state index in [4.69, 9.17) is 0 Å². The molecule has 2 rings (SSSR count). The maximum absolute atomic E-state index is 2.41. The van der Waals surface area contributed by atoms with E-state index in [0.29, 0.717) is 6.04 Å². The molecule has 0 bridgehead atoms. The Hall–Kier alpha value is -0.630. The molecule has 1 aliphatic rings. The Morgan fingerprint density at radius 2 is 2.07 bits per heavy atom. The SMILES string of the molecule is Cc1ccc2c(c1C)N(C)C(C)CS2. The standard InChI is InChI=1S/C12H17NS/c1-8-5-6-11-12(10(8)3)13(4)9(2)7-14-11/h5-6,9H,7H2,1-4H3. The van der Waals surface area contributed by atoms with Crippen molar-refractivity contribution in [2.45, 2.75) is 31.7 Å². The summed E-state index contributed by atoms with van der Waals surface area (Å²) in [5.74, 6) is 1.20. The van der Waals surface area contributed by atoms with Gasteiger partial charge in [-0.3, -0.25) is 0 Å². The lowest BCUT2D eigenvalue weighted by atomic mass is 10.1. The first-order chi connectivity index (χ1) is 6.61. The van der Waals surface area contributed by atoms with E-state index < -0.39 is 0 Å². The Kier molecular flexibility index (Phi) is 2.48. The van der Waals surface area contributed by atoms with Gasteiger partial charge in [-0.25, -0.2) is 0 Å². The molecular formula is C12H17NS. The normalized spacial score (nSPS) is 20.9. The average molecular weight is 207 g/mol. The number of fused-ring (bicyclic) bond motifs is 1. The third-order valence-corrected chi connectivity index (χ3v) is 4.45. The number of rotatable bonds is 0. The van der Waals surface area contributed by atoms with Gasteiger partial charge in [0.15, 0.2) is 0 Å². The first kappa shape index (κ1) is 9.91. The highest BCUT2D eigenvalue weighted by Crippen LogP contribution is 2.39. The Balaban J connectivity index is 2.56. The molecule has 14 heavy (non-hydrogen) atoms. The Morgan fingerprint density at radius 1 is 1.36 bits per heavy atom. The first-order valence-electron chi connectivity index (χ1n) is 5.07. The van der Waals surface area contributed by atoms with Crippen LogP contribution >= 0.6 is 11.8 Å². The summed E-state index contributed by atoms with van der Waals surface area (Å²) in [6.45, 7) is 6.70. The van der Waals surface area contributed by atoms with Crippen LogP contribution in [0.2, 0.25) is 0 Å². The predicted octanol–water partition coefficient (Wildman–Crippen LogP) is 3.23. The number of hydrogen-bond acceptors (Lipinski definition) is 2. The van der Waals surface area contributed by atoms with Crippen LogP contribution in [0.1, 0.15) is 18.1 Å². The van der Waals surface area contributed by atoms with Crippen LogP contribution in [0.3, 0.4) is 0 Å². The molecule has 1 heterocycles.